The molecule has 1 N–H and O–H groups in total. The van der Waals surface area contributed by atoms with Crippen molar-refractivity contribution in [3.63, 3.8) is 0 Å². The van der Waals surface area contributed by atoms with Gasteiger partial charge < -0.3 is 9.88 Å². The Morgan fingerprint density at radius 3 is 2.84 bits per heavy atom. The Balaban J connectivity index is 1.78. The first-order valence-electron chi connectivity index (χ1n) is 7.63. The minimum atomic E-state index is 0.663. The van der Waals surface area contributed by atoms with Crippen molar-refractivity contribution in [2.75, 3.05) is 12.3 Å². The maximum absolute atomic E-state index is 4.34. The highest BCUT2D eigenvalue weighted by Gasteiger charge is 2.14. The predicted octanol–water partition coefficient (Wildman–Crippen LogP) is 2.87. The second kappa shape index (κ2) is 7.90. The molecule has 0 saturated heterocycles. The van der Waals surface area contributed by atoms with Gasteiger partial charge in [-0.15, -0.1) is 10.2 Å². The number of fused-ring (bicyclic) bond motifs is 1. The zero-order valence-electron chi connectivity index (χ0n) is 12.2. The van der Waals surface area contributed by atoms with Crippen LogP contribution in [-0.4, -0.2) is 33.1 Å². The Kier molecular flexibility index (Phi) is 6.17. The molecule has 0 saturated carbocycles. The Bertz CT molecular complexity index is 374. The molecular formula is C14H26N4S. The topological polar surface area (TPSA) is 42.7 Å². The summed E-state index contributed by atoms with van der Waals surface area (Å²) in [5.74, 6) is 2.27. The normalized spacial score (nSPS) is 15.5. The SMILES string of the molecule is CCC(CC)NCCSc1nnc2n1CCCCC2. The lowest BCUT2D eigenvalue weighted by atomic mass is 10.2. The van der Waals surface area contributed by atoms with Gasteiger partial charge in [0, 0.05) is 31.3 Å². The molecule has 0 atom stereocenters. The molecule has 0 unspecified atom stereocenters. The van der Waals surface area contributed by atoms with Crippen molar-refractivity contribution in [3.8, 4) is 0 Å². The maximum Gasteiger partial charge on any atom is 0.191 e. The second-order valence-electron chi connectivity index (χ2n) is 5.18. The van der Waals surface area contributed by atoms with Gasteiger partial charge in [-0.25, -0.2) is 0 Å². The molecule has 2 heterocycles. The van der Waals surface area contributed by atoms with E-state index in [2.05, 4.69) is 33.9 Å². The average Bonchev–Trinajstić information content (AvgIpc) is 2.67. The van der Waals surface area contributed by atoms with E-state index in [9.17, 15) is 0 Å². The predicted molar refractivity (Wildman–Crippen MR) is 80.7 cm³/mol. The van der Waals surface area contributed by atoms with Crippen LogP contribution in [0.25, 0.3) is 0 Å². The standard InChI is InChI=1S/C14H26N4S/c1-3-12(4-2)15-9-11-19-14-17-16-13-8-6-5-7-10-18(13)14/h12,15H,3-11H2,1-2H3. The molecule has 0 aliphatic carbocycles. The van der Waals surface area contributed by atoms with Gasteiger partial charge in [-0.3, -0.25) is 0 Å². The Morgan fingerprint density at radius 2 is 2.05 bits per heavy atom. The van der Waals surface area contributed by atoms with E-state index in [1.807, 2.05) is 11.8 Å². The summed E-state index contributed by atoms with van der Waals surface area (Å²) in [6.45, 7) is 6.64. The van der Waals surface area contributed by atoms with Crippen LogP contribution < -0.4 is 5.32 Å². The molecule has 1 aromatic rings. The van der Waals surface area contributed by atoms with E-state index in [-0.39, 0.29) is 0 Å². The smallest absolute Gasteiger partial charge is 0.191 e. The zero-order valence-corrected chi connectivity index (χ0v) is 13.0. The van der Waals surface area contributed by atoms with E-state index < -0.39 is 0 Å². The molecule has 0 radical (unpaired) electrons. The lowest BCUT2D eigenvalue weighted by Gasteiger charge is -2.14. The van der Waals surface area contributed by atoms with E-state index in [0.29, 0.717) is 6.04 Å². The number of nitrogens with one attached hydrogen (secondary N) is 1. The van der Waals surface area contributed by atoms with Gasteiger partial charge in [0.2, 0.25) is 0 Å². The number of hydrogen-bond donors (Lipinski definition) is 1. The molecular weight excluding hydrogens is 256 g/mol. The Morgan fingerprint density at radius 1 is 1.21 bits per heavy atom. The highest BCUT2D eigenvalue weighted by atomic mass is 32.2. The highest BCUT2D eigenvalue weighted by molar-refractivity contribution is 7.99. The summed E-state index contributed by atoms with van der Waals surface area (Å²) in [6, 6.07) is 0.663. The first-order chi connectivity index (χ1) is 9.35. The molecule has 1 aromatic heterocycles. The maximum atomic E-state index is 4.34. The van der Waals surface area contributed by atoms with Crippen LogP contribution in [0.2, 0.25) is 0 Å². The molecule has 5 heteroatoms. The van der Waals surface area contributed by atoms with E-state index in [0.717, 1.165) is 30.4 Å². The molecule has 108 valence electrons. The summed E-state index contributed by atoms with van der Waals surface area (Å²) in [5.41, 5.74) is 0. The van der Waals surface area contributed by atoms with Gasteiger partial charge in [0.05, 0.1) is 0 Å². The van der Waals surface area contributed by atoms with Gasteiger partial charge in [0.1, 0.15) is 5.82 Å². The van der Waals surface area contributed by atoms with E-state index in [1.54, 1.807) is 0 Å². The van der Waals surface area contributed by atoms with Crippen LogP contribution in [0.3, 0.4) is 0 Å². The van der Waals surface area contributed by atoms with Crippen LogP contribution in [0.4, 0.5) is 0 Å². The molecule has 1 aliphatic heterocycles. The fourth-order valence-corrected chi connectivity index (χ4v) is 3.40. The third-order valence-corrected chi connectivity index (χ3v) is 4.80. The summed E-state index contributed by atoms with van der Waals surface area (Å²) in [4.78, 5) is 0. The van der Waals surface area contributed by atoms with Crippen LogP contribution in [0, 0.1) is 0 Å². The molecule has 0 aromatic carbocycles. The summed E-state index contributed by atoms with van der Waals surface area (Å²) in [7, 11) is 0. The van der Waals surface area contributed by atoms with Crippen molar-refractivity contribution in [2.24, 2.45) is 0 Å². The van der Waals surface area contributed by atoms with Gasteiger partial charge in [-0.1, -0.05) is 32.0 Å². The van der Waals surface area contributed by atoms with Crippen LogP contribution >= 0.6 is 11.8 Å². The summed E-state index contributed by atoms with van der Waals surface area (Å²) >= 11 is 1.84. The molecule has 19 heavy (non-hydrogen) atoms. The van der Waals surface area contributed by atoms with E-state index in [1.165, 1.54) is 37.9 Å². The first-order valence-corrected chi connectivity index (χ1v) is 8.62. The fourth-order valence-electron chi connectivity index (χ4n) is 2.55. The number of rotatable bonds is 7. The van der Waals surface area contributed by atoms with Crippen LogP contribution in [0.15, 0.2) is 5.16 Å². The van der Waals surface area contributed by atoms with E-state index in [4.69, 9.17) is 0 Å². The van der Waals surface area contributed by atoms with Gasteiger partial charge in [-0.2, -0.15) is 0 Å². The average molecular weight is 282 g/mol. The van der Waals surface area contributed by atoms with Gasteiger partial charge >= 0.3 is 0 Å². The number of aromatic nitrogens is 3. The molecule has 4 nitrogen and oxygen atoms in total. The third kappa shape index (κ3) is 4.21. The second-order valence-corrected chi connectivity index (χ2v) is 6.24. The number of aryl methyl sites for hydroxylation is 1. The zero-order chi connectivity index (χ0) is 13.5. The Hall–Kier alpha value is -0.550. The minimum Gasteiger partial charge on any atom is -0.313 e. The van der Waals surface area contributed by atoms with Crippen LogP contribution in [-0.2, 0) is 13.0 Å². The Labute approximate surface area is 120 Å². The number of thioether (sulfide) groups is 1. The van der Waals surface area contributed by atoms with Gasteiger partial charge in [0.25, 0.3) is 0 Å². The molecule has 1 aliphatic rings. The van der Waals surface area contributed by atoms with Crippen molar-refractivity contribution in [2.45, 2.75) is 70.1 Å². The van der Waals surface area contributed by atoms with Crippen molar-refractivity contribution < 1.29 is 0 Å². The highest BCUT2D eigenvalue weighted by Crippen LogP contribution is 2.21. The van der Waals surface area contributed by atoms with Crippen molar-refractivity contribution in [3.05, 3.63) is 5.82 Å². The fraction of sp³-hybridized carbons (Fsp3) is 0.857. The third-order valence-electron chi connectivity index (χ3n) is 3.83. The lowest BCUT2D eigenvalue weighted by molar-refractivity contribution is 0.501. The van der Waals surface area contributed by atoms with Crippen LogP contribution in [0.5, 0.6) is 0 Å². The largest absolute Gasteiger partial charge is 0.313 e. The van der Waals surface area contributed by atoms with Gasteiger partial charge in [-0.05, 0) is 25.7 Å². The van der Waals surface area contributed by atoms with Crippen LogP contribution in [0.1, 0.15) is 51.8 Å². The molecule has 0 fully saturated rings. The number of hydrogen-bond acceptors (Lipinski definition) is 4. The van der Waals surface area contributed by atoms with Crippen molar-refractivity contribution in [1.29, 1.82) is 0 Å². The first kappa shape index (κ1) is 14.9. The number of nitrogens with zero attached hydrogens (tertiary/aromatic N) is 3. The molecule has 0 bridgehead atoms. The summed E-state index contributed by atoms with van der Waals surface area (Å²) in [6.07, 6.45) is 7.37. The van der Waals surface area contributed by atoms with Crippen molar-refractivity contribution in [1.82, 2.24) is 20.1 Å². The van der Waals surface area contributed by atoms with Crippen molar-refractivity contribution >= 4 is 11.8 Å². The minimum absolute atomic E-state index is 0.663. The molecule has 0 amide bonds. The van der Waals surface area contributed by atoms with Gasteiger partial charge in [0.15, 0.2) is 5.16 Å². The summed E-state index contributed by atoms with van der Waals surface area (Å²) in [5, 5.41) is 13.4. The lowest BCUT2D eigenvalue weighted by Crippen LogP contribution is -2.29. The quantitative estimate of drug-likeness (QED) is 0.617. The van der Waals surface area contributed by atoms with E-state index >= 15 is 0 Å². The molecule has 0 spiro atoms. The summed E-state index contributed by atoms with van der Waals surface area (Å²) < 4.78 is 2.33. The molecule has 2 rings (SSSR count). The monoisotopic (exact) mass is 282 g/mol.